The summed E-state index contributed by atoms with van der Waals surface area (Å²) in [6.45, 7) is 0. The molecular formula is C5H10O3S2. The van der Waals surface area contributed by atoms with Gasteiger partial charge in [-0.15, -0.1) is 11.8 Å². The molecule has 0 bridgehead atoms. The largest absolute Gasteiger partial charge is 0.481 e. The second-order valence-electron chi connectivity index (χ2n) is 1.75. The Labute approximate surface area is 69.2 Å². The first-order chi connectivity index (χ1) is 4.66. The van der Waals surface area contributed by atoms with Crippen molar-refractivity contribution in [1.29, 1.82) is 0 Å². The molecule has 0 rings (SSSR count). The molecule has 0 aliphatic rings. The van der Waals surface area contributed by atoms with Crippen LogP contribution in [0.5, 0.6) is 0 Å². The van der Waals surface area contributed by atoms with Crippen LogP contribution in [0, 0.1) is 0 Å². The summed E-state index contributed by atoms with van der Waals surface area (Å²) in [6, 6.07) is 0. The molecule has 60 valence electrons. The van der Waals surface area contributed by atoms with E-state index in [1.807, 2.05) is 0 Å². The highest BCUT2D eigenvalue weighted by atomic mass is 32.2. The zero-order valence-electron chi connectivity index (χ0n) is 5.36. The summed E-state index contributed by atoms with van der Waals surface area (Å²) in [6.07, 6.45) is -0.493. The van der Waals surface area contributed by atoms with Crippen molar-refractivity contribution in [2.24, 2.45) is 0 Å². The maximum atomic E-state index is 9.95. The Morgan fingerprint density at radius 1 is 1.70 bits per heavy atom. The quantitative estimate of drug-likeness (QED) is 0.528. The standard InChI is InChI=1S/C5H10O3S2/c6-4(1-9)2-10-3-5(7)8/h4,6,9H,1-3H2,(H,7,8). The lowest BCUT2D eigenvalue weighted by molar-refractivity contribution is -0.133. The molecule has 0 spiro atoms. The van der Waals surface area contributed by atoms with Gasteiger partial charge in [-0.05, 0) is 0 Å². The Hall–Kier alpha value is 0.130. The first-order valence-electron chi connectivity index (χ1n) is 2.75. The zero-order valence-corrected chi connectivity index (χ0v) is 7.07. The van der Waals surface area contributed by atoms with Gasteiger partial charge in [0.25, 0.3) is 0 Å². The minimum absolute atomic E-state index is 0.0465. The van der Waals surface area contributed by atoms with Crippen molar-refractivity contribution in [3.05, 3.63) is 0 Å². The Kier molecular flexibility index (Phi) is 5.96. The number of aliphatic carboxylic acids is 1. The third kappa shape index (κ3) is 6.25. The van der Waals surface area contributed by atoms with Gasteiger partial charge in [0.05, 0.1) is 11.9 Å². The molecule has 3 nitrogen and oxygen atoms in total. The normalized spacial score (nSPS) is 13.0. The van der Waals surface area contributed by atoms with Crippen molar-refractivity contribution in [1.82, 2.24) is 0 Å². The molecule has 0 aromatic heterocycles. The van der Waals surface area contributed by atoms with Crippen LogP contribution < -0.4 is 0 Å². The fourth-order valence-corrected chi connectivity index (χ4v) is 1.32. The number of aliphatic hydroxyl groups is 1. The van der Waals surface area contributed by atoms with E-state index >= 15 is 0 Å². The molecular weight excluding hydrogens is 172 g/mol. The minimum atomic E-state index is -0.851. The first-order valence-corrected chi connectivity index (χ1v) is 4.54. The van der Waals surface area contributed by atoms with Gasteiger partial charge in [0, 0.05) is 11.5 Å². The number of thiol groups is 1. The number of carboxylic acid groups (broad SMARTS) is 1. The predicted octanol–water partition coefficient (Wildman–Crippen LogP) is 0.0949. The zero-order chi connectivity index (χ0) is 7.98. The summed E-state index contributed by atoms with van der Waals surface area (Å²) in [4.78, 5) is 9.95. The molecule has 0 fully saturated rings. The Morgan fingerprint density at radius 3 is 2.70 bits per heavy atom. The number of rotatable bonds is 5. The second kappa shape index (κ2) is 5.88. The van der Waals surface area contributed by atoms with Crippen LogP contribution in [0.25, 0.3) is 0 Å². The van der Waals surface area contributed by atoms with E-state index in [0.29, 0.717) is 11.5 Å². The number of aliphatic hydroxyl groups excluding tert-OH is 1. The van der Waals surface area contributed by atoms with Crippen LogP contribution in [-0.2, 0) is 4.79 Å². The van der Waals surface area contributed by atoms with Crippen LogP contribution in [0.1, 0.15) is 0 Å². The Morgan fingerprint density at radius 2 is 2.30 bits per heavy atom. The second-order valence-corrected chi connectivity index (χ2v) is 3.14. The molecule has 0 amide bonds. The highest BCUT2D eigenvalue weighted by Gasteiger charge is 2.02. The molecule has 10 heavy (non-hydrogen) atoms. The van der Waals surface area contributed by atoms with E-state index in [-0.39, 0.29) is 5.75 Å². The first kappa shape index (κ1) is 10.1. The van der Waals surface area contributed by atoms with Crippen molar-refractivity contribution in [3.8, 4) is 0 Å². The molecule has 0 aromatic carbocycles. The number of hydrogen-bond donors (Lipinski definition) is 3. The molecule has 1 atom stereocenters. The number of hydrogen-bond acceptors (Lipinski definition) is 4. The average Bonchev–Trinajstić information content (AvgIpc) is 1.87. The van der Waals surface area contributed by atoms with Crippen LogP contribution in [0.3, 0.4) is 0 Å². The maximum absolute atomic E-state index is 9.95. The number of carbonyl (C=O) groups is 1. The third-order valence-electron chi connectivity index (χ3n) is 0.747. The Balaban J connectivity index is 3.11. The lowest BCUT2D eigenvalue weighted by Crippen LogP contribution is -2.13. The molecule has 0 saturated carbocycles. The average molecular weight is 182 g/mol. The van der Waals surface area contributed by atoms with E-state index in [1.165, 1.54) is 11.8 Å². The topological polar surface area (TPSA) is 57.5 Å². The van der Waals surface area contributed by atoms with Gasteiger partial charge in [0.1, 0.15) is 0 Å². The minimum Gasteiger partial charge on any atom is -0.481 e. The van der Waals surface area contributed by atoms with Crippen molar-refractivity contribution in [2.45, 2.75) is 6.10 Å². The van der Waals surface area contributed by atoms with Gasteiger partial charge in [-0.2, -0.15) is 12.6 Å². The van der Waals surface area contributed by atoms with Gasteiger partial charge in [-0.1, -0.05) is 0 Å². The van der Waals surface area contributed by atoms with Crippen molar-refractivity contribution < 1.29 is 15.0 Å². The van der Waals surface area contributed by atoms with Gasteiger partial charge in [0.15, 0.2) is 0 Å². The third-order valence-corrected chi connectivity index (χ3v) is 2.24. The summed E-state index contributed by atoms with van der Waals surface area (Å²) in [5.41, 5.74) is 0. The van der Waals surface area contributed by atoms with Crippen LogP contribution in [-0.4, -0.2) is 39.5 Å². The van der Waals surface area contributed by atoms with Gasteiger partial charge >= 0.3 is 5.97 Å². The molecule has 1 unspecified atom stereocenters. The fraction of sp³-hybridized carbons (Fsp3) is 0.800. The van der Waals surface area contributed by atoms with E-state index < -0.39 is 12.1 Å². The molecule has 0 saturated heterocycles. The van der Waals surface area contributed by atoms with Crippen LogP contribution in [0.15, 0.2) is 0 Å². The molecule has 0 aliphatic heterocycles. The molecule has 0 aliphatic carbocycles. The Bertz CT molecular complexity index is 107. The lowest BCUT2D eigenvalue weighted by Gasteiger charge is -2.03. The molecule has 2 N–H and O–H groups in total. The summed E-state index contributed by atoms with van der Waals surface area (Å²) in [7, 11) is 0. The number of carboxylic acids is 1. The van der Waals surface area contributed by atoms with E-state index in [1.54, 1.807) is 0 Å². The lowest BCUT2D eigenvalue weighted by atomic mass is 10.5. The smallest absolute Gasteiger partial charge is 0.313 e. The molecule has 0 heterocycles. The molecule has 5 heteroatoms. The van der Waals surface area contributed by atoms with Gasteiger partial charge in [0.2, 0.25) is 0 Å². The SMILES string of the molecule is O=C(O)CSCC(O)CS. The highest BCUT2D eigenvalue weighted by Crippen LogP contribution is 2.02. The van der Waals surface area contributed by atoms with Crippen LogP contribution in [0.4, 0.5) is 0 Å². The molecule has 0 aromatic rings. The van der Waals surface area contributed by atoms with Crippen molar-refractivity contribution in [2.75, 3.05) is 17.3 Å². The van der Waals surface area contributed by atoms with Crippen LogP contribution in [0.2, 0.25) is 0 Å². The predicted molar refractivity (Wildman–Crippen MR) is 44.8 cm³/mol. The summed E-state index contributed by atoms with van der Waals surface area (Å²) in [5, 5.41) is 17.1. The summed E-state index contributed by atoms with van der Waals surface area (Å²) < 4.78 is 0. The van der Waals surface area contributed by atoms with E-state index in [2.05, 4.69) is 12.6 Å². The van der Waals surface area contributed by atoms with Gasteiger partial charge in [-0.25, -0.2) is 0 Å². The monoisotopic (exact) mass is 182 g/mol. The van der Waals surface area contributed by atoms with Crippen LogP contribution >= 0.6 is 24.4 Å². The van der Waals surface area contributed by atoms with E-state index in [0.717, 1.165) is 0 Å². The summed E-state index contributed by atoms with van der Waals surface area (Å²) >= 11 is 5.02. The van der Waals surface area contributed by atoms with E-state index in [4.69, 9.17) is 10.2 Å². The fourth-order valence-electron chi connectivity index (χ4n) is 0.335. The van der Waals surface area contributed by atoms with Crippen molar-refractivity contribution >= 4 is 30.4 Å². The molecule has 0 radical (unpaired) electrons. The number of thioether (sulfide) groups is 1. The van der Waals surface area contributed by atoms with E-state index in [9.17, 15) is 4.79 Å². The summed E-state index contributed by atoms with van der Waals surface area (Å²) in [5.74, 6) is 0.0177. The van der Waals surface area contributed by atoms with Gasteiger partial charge in [-0.3, -0.25) is 4.79 Å². The van der Waals surface area contributed by atoms with Gasteiger partial charge < -0.3 is 10.2 Å². The highest BCUT2D eigenvalue weighted by molar-refractivity contribution is 8.00. The van der Waals surface area contributed by atoms with Crippen molar-refractivity contribution in [3.63, 3.8) is 0 Å². The maximum Gasteiger partial charge on any atom is 0.313 e.